The van der Waals surface area contributed by atoms with E-state index in [0.717, 1.165) is 29.0 Å². The predicted octanol–water partition coefficient (Wildman–Crippen LogP) is 2.52. The van der Waals surface area contributed by atoms with E-state index in [2.05, 4.69) is 0 Å². The first-order chi connectivity index (χ1) is 13.7. The molecule has 1 N–H and O–H groups in total. The van der Waals surface area contributed by atoms with Gasteiger partial charge in [-0.15, -0.1) is 0 Å². The van der Waals surface area contributed by atoms with Crippen LogP contribution < -0.4 is 23.7 Å². The van der Waals surface area contributed by atoms with Crippen LogP contribution in [0, 0.1) is 11.8 Å². The molecule has 3 aliphatic heterocycles. The highest BCUT2D eigenvalue weighted by Crippen LogP contribution is 2.43. The van der Waals surface area contributed by atoms with Gasteiger partial charge in [0.25, 0.3) is 0 Å². The number of aliphatic hydroxyl groups is 1. The summed E-state index contributed by atoms with van der Waals surface area (Å²) in [6.07, 6.45) is 0.652. The molecule has 0 radical (unpaired) electrons. The summed E-state index contributed by atoms with van der Waals surface area (Å²) in [6, 6.07) is 9.87. The minimum atomic E-state index is -0.796. The van der Waals surface area contributed by atoms with Crippen molar-refractivity contribution < 1.29 is 33.5 Å². The van der Waals surface area contributed by atoms with Crippen molar-refractivity contribution >= 4 is 0 Å². The van der Waals surface area contributed by atoms with Crippen LogP contribution in [0.2, 0.25) is 0 Å². The zero-order chi connectivity index (χ0) is 19.1. The van der Waals surface area contributed by atoms with Gasteiger partial charge in [-0.05, 0) is 54.2 Å². The third-order valence-corrected chi connectivity index (χ3v) is 5.58. The fourth-order valence-corrected chi connectivity index (χ4v) is 4.12. The molecule has 0 bridgehead atoms. The van der Waals surface area contributed by atoms with Gasteiger partial charge in [-0.25, -0.2) is 0 Å². The number of hydrogen-bond donors (Lipinski definition) is 1. The van der Waals surface area contributed by atoms with Crippen molar-refractivity contribution in [3.63, 3.8) is 0 Å². The molecule has 148 valence electrons. The van der Waals surface area contributed by atoms with Crippen molar-refractivity contribution in [2.24, 2.45) is 11.8 Å². The standard InChI is InChI=1S/C21H22O7/c1-23-18-7-13(8-19-20(18)28-11-27-19)5-15-14(9-24-21(15)22)4-12-2-3-16-17(6-12)26-10-25-16/h2-3,6-8,14-15,21-22H,4-5,9-11H2,1H3/t14-,15+,21?/m0/s1. The van der Waals surface area contributed by atoms with Crippen molar-refractivity contribution in [3.8, 4) is 28.7 Å². The maximum absolute atomic E-state index is 10.4. The van der Waals surface area contributed by atoms with Crippen molar-refractivity contribution in [1.29, 1.82) is 0 Å². The second-order valence-corrected chi connectivity index (χ2v) is 7.28. The molecular weight excluding hydrogens is 364 g/mol. The number of ether oxygens (including phenoxy) is 6. The molecular formula is C21H22O7. The number of rotatable bonds is 5. The lowest BCUT2D eigenvalue weighted by Crippen LogP contribution is -2.24. The Labute approximate surface area is 162 Å². The molecule has 0 aromatic heterocycles. The summed E-state index contributed by atoms with van der Waals surface area (Å²) in [6.45, 7) is 0.970. The van der Waals surface area contributed by atoms with Gasteiger partial charge < -0.3 is 33.5 Å². The van der Waals surface area contributed by atoms with Gasteiger partial charge in [0.05, 0.1) is 13.7 Å². The van der Waals surface area contributed by atoms with Gasteiger partial charge in [0.15, 0.2) is 29.3 Å². The minimum Gasteiger partial charge on any atom is -0.493 e. The normalized spacial score (nSPS) is 24.6. The van der Waals surface area contributed by atoms with E-state index in [4.69, 9.17) is 28.4 Å². The van der Waals surface area contributed by atoms with Crippen molar-refractivity contribution in [2.75, 3.05) is 27.3 Å². The van der Waals surface area contributed by atoms with E-state index in [9.17, 15) is 5.11 Å². The molecule has 1 saturated heterocycles. The quantitative estimate of drug-likeness (QED) is 0.846. The molecule has 7 nitrogen and oxygen atoms in total. The van der Waals surface area contributed by atoms with E-state index in [-0.39, 0.29) is 25.4 Å². The number of hydrogen-bond acceptors (Lipinski definition) is 7. The molecule has 3 atom stereocenters. The Morgan fingerprint density at radius 3 is 2.61 bits per heavy atom. The van der Waals surface area contributed by atoms with Crippen LogP contribution in [0.5, 0.6) is 28.7 Å². The van der Waals surface area contributed by atoms with Crippen LogP contribution in [0.4, 0.5) is 0 Å². The molecule has 5 rings (SSSR count). The van der Waals surface area contributed by atoms with Crippen molar-refractivity contribution in [3.05, 3.63) is 41.5 Å². The fraction of sp³-hybridized carbons (Fsp3) is 0.429. The minimum absolute atomic E-state index is 0.0319. The highest BCUT2D eigenvalue weighted by Gasteiger charge is 2.37. The molecule has 3 aliphatic rings. The van der Waals surface area contributed by atoms with E-state index < -0.39 is 6.29 Å². The van der Waals surface area contributed by atoms with Gasteiger partial charge in [0.2, 0.25) is 19.3 Å². The first-order valence-electron chi connectivity index (χ1n) is 9.36. The molecule has 2 aromatic carbocycles. The SMILES string of the molecule is COc1cc(C[C@H]2C(O)OC[C@@H]2Cc2ccc3c(c2)OCO3)cc2c1OCO2. The molecule has 0 amide bonds. The Morgan fingerprint density at radius 1 is 0.929 bits per heavy atom. The molecule has 1 unspecified atom stereocenters. The van der Waals surface area contributed by atoms with Crippen LogP contribution in [0.15, 0.2) is 30.3 Å². The lowest BCUT2D eigenvalue weighted by atomic mass is 9.84. The van der Waals surface area contributed by atoms with Crippen molar-refractivity contribution in [2.45, 2.75) is 19.1 Å². The molecule has 2 aromatic rings. The third kappa shape index (κ3) is 3.10. The zero-order valence-corrected chi connectivity index (χ0v) is 15.6. The van der Waals surface area contributed by atoms with Gasteiger partial charge in [0.1, 0.15) is 0 Å². The average Bonchev–Trinajstić information content (AvgIpc) is 3.43. The fourth-order valence-electron chi connectivity index (χ4n) is 4.12. The van der Waals surface area contributed by atoms with Crippen LogP contribution >= 0.6 is 0 Å². The van der Waals surface area contributed by atoms with Gasteiger partial charge in [-0.2, -0.15) is 0 Å². The summed E-state index contributed by atoms with van der Waals surface area (Å²) in [5, 5.41) is 10.4. The van der Waals surface area contributed by atoms with Crippen LogP contribution in [-0.2, 0) is 17.6 Å². The number of benzene rings is 2. The van der Waals surface area contributed by atoms with Gasteiger partial charge in [-0.3, -0.25) is 0 Å². The number of fused-ring (bicyclic) bond motifs is 2. The van der Waals surface area contributed by atoms with Crippen LogP contribution in [0.1, 0.15) is 11.1 Å². The van der Waals surface area contributed by atoms with Crippen LogP contribution in [0.3, 0.4) is 0 Å². The monoisotopic (exact) mass is 386 g/mol. The maximum atomic E-state index is 10.4. The lowest BCUT2D eigenvalue weighted by molar-refractivity contribution is -0.0820. The van der Waals surface area contributed by atoms with Crippen LogP contribution in [-0.4, -0.2) is 38.7 Å². The Hall–Kier alpha value is -2.64. The summed E-state index contributed by atoms with van der Waals surface area (Å²) < 4.78 is 32.8. The maximum Gasteiger partial charge on any atom is 0.231 e. The molecule has 3 heterocycles. The first-order valence-corrected chi connectivity index (χ1v) is 9.36. The largest absolute Gasteiger partial charge is 0.493 e. The molecule has 0 saturated carbocycles. The highest BCUT2D eigenvalue weighted by molar-refractivity contribution is 5.55. The van der Waals surface area contributed by atoms with Crippen LogP contribution in [0.25, 0.3) is 0 Å². The molecule has 7 heteroatoms. The van der Waals surface area contributed by atoms with E-state index in [1.807, 2.05) is 30.3 Å². The second-order valence-electron chi connectivity index (χ2n) is 7.28. The summed E-state index contributed by atoms with van der Waals surface area (Å²) in [7, 11) is 1.61. The summed E-state index contributed by atoms with van der Waals surface area (Å²) in [4.78, 5) is 0. The summed E-state index contributed by atoms with van der Waals surface area (Å²) in [5.41, 5.74) is 2.16. The molecule has 0 spiro atoms. The summed E-state index contributed by atoms with van der Waals surface area (Å²) >= 11 is 0. The topological polar surface area (TPSA) is 75.6 Å². The Kier molecular flexibility index (Phi) is 4.41. The highest BCUT2D eigenvalue weighted by atomic mass is 16.7. The van der Waals surface area contributed by atoms with E-state index in [0.29, 0.717) is 30.3 Å². The van der Waals surface area contributed by atoms with Gasteiger partial charge in [0, 0.05) is 5.92 Å². The molecule has 0 aliphatic carbocycles. The van der Waals surface area contributed by atoms with E-state index in [1.54, 1.807) is 7.11 Å². The molecule has 1 fully saturated rings. The Morgan fingerprint density at radius 2 is 1.71 bits per heavy atom. The van der Waals surface area contributed by atoms with Gasteiger partial charge in [-0.1, -0.05) is 6.07 Å². The smallest absolute Gasteiger partial charge is 0.231 e. The lowest BCUT2D eigenvalue weighted by Gasteiger charge is -2.21. The first kappa shape index (κ1) is 17.5. The Balaban J connectivity index is 1.35. The zero-order valence-electron chi connectivity index (χ0n) is 15.6. The molecule has 28 heavy (non-hydrogen) atoms. The third-order valence-electron chi connectivity index (χ3n) is 5.58. The van der Waals surface area contributed by atoms with E-state index >= 15 is 0 Å². The van der Waals surface area contributed by atoms with E-state index in [1.165, 1.54) is 0 Å². The van der Waals surface area contributed by atoms with Gasteiger partial charge >= 0.3 is 0 Å². The average molecular weight is 386 g/mol. The number of methoxy groups -OCH3 is 1. The number of aliphatic hydroxyl groups excluding tert-OH is 1. The predicted molar refractivity (Wildman–Crippen MR) is 98.0 cm³/mol. The second kappa shape index (κ2) is 7.07. The summed E-state index contributed by atoms with van der Waals surface area (Å²) in [5.74, 6) is 3.65. The Bertz CT molecular complexity index is 881. The van der Waals surface area contributed by atoms with Crippen molar-refractivity contribution in [1.82, 2.24) is 0 Å².